The van der Waals surface area contributed by atoms with Gasteiger partial charge in [0.05, 0.1) is 5.75 Å². The first kappa shape index (κ1) is 28.0. The maximum atomic E-state index is 13.9. The van der Waals surface area contributed by atoms with Crippen molar-refractivity contribution in [1.29, 1.82) is 0 Å². The summed E-state index contributed by atoms with van der Waals surface area (Å²) in [6.07, 6.45) is 0. The summed E-state index contributed by atoms with van der Waals surface area (Å²) in [5.74, 6) is -0.957. The first-order valence-electron chi connectivity index (χ1n) is 12.5. The van der Waals surface area contributed by atoms with Crippen LogP contribution in [0.4, 0.5) is 4.39 Å². The third-order valence-corrected chi connectivity index (χ3v) is 8.57. The minimum absolute atomic E-state index is 0.0450. The van der Waals surface area contributed by atoms with Gasteiger partial charge in [-0.2, -0.15) is 0 Å². The number of rotatable bonds is 10. The van der Waals surface area contributed by atoms with E-state index in [1.807, 2.05) is 36.4 Å². The highest BCUT2D eigenvalue weighted by Gasteiger charge is 2.15. The summed E-state index contributed by atoms with van der Waals surface area (Å²) in [5.41, 5.74) is 8.82. The van der Waals surface area contributed by atoms with E-state index in [9.17, 15) is 9.18 Å². The number of carbonyl (C=O) groups is 1. The van der Waals surface area contributed by atoms with Crippen molar-refractivity contribution in [3.63, 3.8) is 0 Å². The van der Waals surface area contributed by atoms with Crippen molar-refractivity contribution >= 4 is 29.7 Å². The van der Waals surface area contributed by atoms with E-state index in [2.05, 4.69) is 61.5 Å². The van der Waals surface area contributed by atoms with E-state index in [1.54, 1.807) is 24.9 Å². The third-order valence-electron chi connectivity index (χ3n) is 6.25. The van der Waals surface area contributed by atoms with E-state index in [-0.39, 0.29) is 11.6 Å². The molecule has 196 valence electrons. The number of halogens is 1. The summed E-state index contributed by atoms with van der Waals surface area (Å²) in [7, 11) is 0. The van der Waals surface area contributed by atoms with Gasteiger partial charge < -0.3 is 5.11 Å². The lowest BCUT2D eigenvalue weighted by Crippen LogP contribution is -2.16. The maximum Gasteiger partial charge on any atom is 0.313 e. The zero-order valence-electron chi connectivity index (χ0n) is 22.1. The molecule has 0 aliphatic carbocycles. The van der Waals surface area contributed by atoms with Gasteiger partial charge in [-0.3, -0.25) is 4.79 Å². The molecule has 0 saturated heterocycles. The molecule has 0 unspecified atom stereocenters. The highest BCUT2D eigenvalue weighted by Crippen LogP contribution is 2.33. The Morgan fingerprint density at radius 1 is 0.789 bits per heavy atom. The van der Waals surface area contributed by atoms with Gasteiger partial charge in [-0.05, 0) is 96.8 Å². The molecule has 0 heterocycles. The second-order valence-corrected chi connectivity index (χ2v) is 11.8. The van der Waals surface area contributed by atoms with Crippen LogP contribution in [0.5, 0.6) is 0 Å². The van der Waals surface area contributed by atoms with Crippen molar-refractivity contribution in [2.24, 2.45) is 0 Å². The molecule has 6 heteroatoms. The molecule has 4 rings (SSSR count). The number of benzene rings is 4. The monoisotopic (exact) mass is 545 g/mol. The summed E-state index contributed by atoms with van der Waals surface area (Å²) in [6.45, 7) is 9.64. The zero-order chi connectivity index (χ0) is 27.2. The molecule has 0 aromatic heterocycles. The Bertz CT molecular complexity index is 1410. The Kier molecular flexibility index (Phi) is 9.31. The van der Waals surface area contributed by atoms with Gasteiger partial charge in [0.1, 0.15) is 5.82 Å². The van der Waals surface area contributed by atoms with Gasteiger partial charge in [-0.15, -0.1) is 11.8 Å². The molecule has 4 aromatic carbocycles. The predicted octanol–water partition coefficient (Wildman–Crippen LogP) is 8.61. The van der Waals surface area contributed by atoms with Crippen LogP contribution in [-0.2, 0) is 17.9 Å². The van der Waals surface area contributed by atoms with Crippen molar-refractivity contribution in [2.75, 3.05) is 5.75 Å². The second kappa shape index (κ2) is 12.7. The number of aliphatic carboxylic acids is 1. The topological polar surface area (TPSA) is 40.5 Å². The number of carboxylic acids is 1. The summed E-state index contributed by atoms with van der Waals surface area (Å²) < 4.78 is 16.2. The molecule has 3 nitrogen and oxygen atoms in total. The summed E-state index contributed by atoms with van der Waals surface area (Å²) >= 11 is 3.07. The smallest absolute Gasteiger partial charge is 0.313 e. The standard InChI is InChI=1S/C32H32FNO2S2/c1-21-14-23(3)32(24(4)15-21)38-34(19-26-10-13-30(33)22(2)16-26)18-25-8-11-27(12-9-25)28-6-5-7-29(17-28)37-20-31(35)36/h5-17H,18-20H2,1-4H3,(H,35,36). The summed E-state index contributed by atoms with van der Waals surface area (Å²) in [6, 6.07) is 26.3. The first-order chi connectivity index (χ1) is 18.2. The molecule has 0 atom stereocenters. The van der Waals surface area contributed by atoms with Gasteiger partial charge >= 0.3 is 5.97 Å². The Labute approximate surface area is 233 Å². The molecule has 0 aliphatic rings. The van der Waals surface area contributed by atoms with Crippen LogP contribution in [0, 0.1) is 33.5 Å². The fourth-order valence-electron chi connectivity index (χ4n) is 4.49. The second-order valence-electron chi connectivity index (χ2n) is 9.61. The molecule has 1 N–H and O–H groups in total. The molecule has 0 saturated carbocycles. The van der Waals surface area contributed by atoms with Gasteiger partial charge in [0, 0.05) is 22.9 Å². The molecular formula is C32H32FNO2S2. The minimum Gasteiger partial charge on any atom is -0.481 e. The lowest BCUT2D eigenvalue weighted by atomic mass is 10.0. The van der Waals surface area contributed by atoms with Crippen LogP contribution in [0.3, 0.4) is 0 Å². The van der Waals surface area contributed by atoms with Crippen LogP contribution in [0.15, 0.2) is 88.7 Å². The lowest BCUT2D eigenvalue weighted by Gasteiger charge is -2.24. The van der Waals surface area contributed by atoms with Crippen molar-refractivity contribution < 1.29 is 14.3 Å². The average Bonchev–Trinajstić information content (AvgIpc) is 2.87. The normalized spacial score (nSPS) is 11.2. The molecule has 0 bridgehead atoms. The molecule has 0 spiro atoms. The highest BCUT2D eigenvalue weighted by atomic mass is 32.2. The predicted molar refractivity (Wildman–Crippen MR) is 157 cm³/mol. The summed E-state index contributed by atoms with van der Waals surface area (Å²) in [5, 5.41) is 8.97. The lowest BCUT2D eigenvalue weighted by molar-refractivity contribution is -0.133. The third kappa shape index (κ3) is 7.50. The van der Waals surface area contributed by atoms with Crippen LogP contribution >= 0.6 is 23.7 Å². The minimum atomic E-state index is -0.820. The molecule has 0 fully saturated rings. The first-order valence-corrected chi connectivity index (χ1v) is 14.2. The SMILES string of the molecule is Cc1cc(C)c(SN(Cc2ccc(-c3cccc(SCC(=O)O)c3)cc2)Cc2ccc(F)c(C)c2)c(C)c1. The van der Waals surface area contributed by atoms with Crippen LogP contribution < -0.4 is 0 Å². The van der Waals surface area contributed by atoms with Crippen LogP contribution in [0.1, 0.15) is 33.4 Å². The number of aryl methyl sites for hydroxylation is 4. The number of carboxylic acid groups (broad SMARTS) is 1. The fraction of sp³-hybridized carbons (Fsp3) is 0.219. The van der Waals surface area contributed by atoms with E-state index in [0.717, 1.165) is 28.1 Å². The van der Waals surface area contributed by atoms with Crippen molar-refractivity contribution in [3.8, 4) is 11.1 Å². The van der Waals surface area contributed by atoms with Gasteiger partial charge in [0.2, 0.25) is 0 Å². The van der Waals surface area contributed by atoms with Gasteiger partial charge in [-0.1, -0.05) is 66.2 Å². The van der Waals surface area contributed by atoms with E-state index in [4.69, 9.17) is 5.11 Å². The number of thioether (sulfide) groups is 1. The van der Waals surface area contributed by atoms with E-state index in [0.29, 0.717) is 12.1 Å². The van der Waals surface area contributed by atoms with Gasteiger partial charge in [-0.25, -0.2) is 8.70 Å². The molecule has 4 aromatic rings. The Morgan fingerprint density at radius 2 is 1.45 bits per heavy atom. The van der Waals surface area contributed by atoms with Crippen LogP contribution in [0.2, 0.25) is 0 Å². The quantitative estimate of drug-likeness (QED) is 0.160. The largest absolute Gasteiger partial charge is 0.481 e. The van der Waals surface area contributed by atoms with Crippen molar-refractivity contribution in [1.82, 2.24) is 4.31 Å². The summed E-state index contributed by atoms with van der Waals surface area (Å²) in [4.78, 5) is 13.1. The van der Waals surface area contributed by atoms with E-state index >= 15 is 0 Å². The molecular weight excluding hydrogens is 513 g/mol. The van der Waals surface area contributed by atoms with Crippen LogP contribution in [-0.4, -0.2) is 21.1 Å². The molecule has 0 amide bonds. The Morgan fingerprint density at radius 3 is 2.11 bits per heavy atom. The Balaban J connectivity index is 1.56. The highest BCUT2D eigenvalue weighted by molar-refractivity contribution is 8.00. The van der Waals surface area contributed by atoms with Crippen molar-refractivity contribution in [2.45, 2.75) is 50.6 Å². The van der Waals surface area contributed by atoms with Crippen LogP contribution in [0.25, 0.3) is 11.1 Å². The fourth-order valence-corrected chi connectivity index (χ4v) is 6.25. The van der Waals surface area contributed by atoms with Crippen molar-refractivity contribution in [3.05, 3.63) is 118 Å². The van der Waals surface area contributed by atoms with Gasteiger partial charge in [0.15, 0.2) is 0 Å². The molecule has 38 heavy (non-hydrogen) atoms. The average molecular weight is 546 g/mol. The zero-order valence-corrected chi connectivity index (χ0v) is 23.8. The maximum absolute atomic E-state index is 13.9. The Hall–Kier alpha value is -3.06. The number of hydrogen-bond acceptors (Lipinski definition) is 4. The molecule has 0 radical (unpaired) electrons. The van der Waals surface area contributed by atoms with Gasteiger partial charge in [0.25, 0.3) is 0 Å². The molecule has 0 aliphatic heterocycles. The van der Waals surface area contributed by atoms with E-state index < -0.39 is 5.97 Å². The number of hydrogen-bond donors (Lipinski definition) is 1. The van der Waals surface area contributed by atoms with E-state index in [1.165, 1.54) is 38.9 Å². The number of nitrogens with zero attached hydrogens (tertiary/aromatic N) is 1.